The van der Waals surface area contributed by atoms with Gasteiger partial charge in [0.25, 0.3) is 10.1 Å². The maximum atomic E-state index is 12.7. The number of benzene rings is 2. The van der Waals surface area contributed by atoms with Gasteiger partial charge in [0.1, 0.15) is 0 Å². The third-order valence-electron chi connectivity index (χ3n) is 6.15. The van der Waals surface area contributed by atoms with Gasteiger partial charge in [-0.25, -0.2) is 0 Å². The van der Waals surface area contributed by atoms with E-state index in [0.717, 1.165) is 38.2 Å². The van der Waals surface area contributed by atoms with Gasteiger partial charge in [-0.1, -0.05) is 48.0 Å². The van der Waals surface area contributed by atoms with Crippen molar-refractivity contribution in [3.63, 3.8) is 0 Å². The molecule has 4 rings (SSSR count). The summed E-state index contributed by atoms with van der Waals surface area (Å²) < 4.78 is 31.0. The van der Waals surface area contributed by atoms with Crippen LogP contribution in [0.1, 0.15) is 17.5 Å². The van der Waals surface area contributed by atoms with E-state index < -0.39 is 10.1 Å². The van der Waals surface area contributed by atoms with Gasteiger partial charge in [0, 0.05) is 31.1 Å². The second kappa shape index (κ2) is 7.59. The smallest absolute Gasteiger partial charge is 0.296 e. The Kier molecular flexibility index (Phi) is 5.31. The van der Waals surface area contributed by atoms with Crippen LogP contribution in [0.25, 0.3) is 0 Å². The Hall–Kier alpha value is -1.73. The van der Waals surface area contributed by atoms with E-state index in [1.54, 1.807) is 24.3 Å². The molecule has 150 valence electrons. The highest BCUT2D eigenvalue weighted by Gasteiger charge is 2.53. The van der Waals surface area contributed by atoms with Crippen molar-refractivity contribution >= 4 is 10.1 Å². The molecule has 0 radical (unpaired) electrons. The topological polar surface area (TPSA) is 49.9 Å². The first-order valence-corrected chi connectivity index (χ1v) is 11.2. The molecule has 0 spiro atoms. The normalized spacial score (nSPS) is 25.9. The van der Waals surface area contributed by atoms with Crippen LogP contribution in [-0.2, 0) is 20.8 Å². The molecule has 2 fully saturated rings. The highest BCUT2D eigenvalue weighted by atomic mass is 32.2. The van der Waals surface area contributed by atoms with Crippen LogP contribution >= 0.6 is 0 Å². The molecule has 2 aliphatic heterocycles. The summed E-state index contributed by atoms with van der Waals surface area (Å²) in [5, 5.41) is 0. The maximum absolute atomic E-state index is 12.7. The van der Waals surface area contributed by atoms with E-state index in [0.29, 0.717) is 6.04 Å². The standard InChI is InChI=1S/C22H28N2O3S/c1-18-8-10-20(11-9-18)28(25,26)27-17-22-12-13-24(21(22)15-23(2)16-22)14-19-6-4-3-5-7-19/h3-11,21H,12-17H2,1-2H3. The molecule has 2 aromatic carbocycles. The van der Waals surface area contributed by atoms with Gasteiger partial charge in [-0.2, -0.15) is 8.42 Å². The number of likely N-dealkylation sites (N-methyl/N-ethyl adjacent to an activating group) is 1. The minimum atomic E-state index is -3.74. The van der Waals surface area contributed by atoms with Crippen molar-refractivity contribution < 1.29 is 12.6 Å². The summed E-state index contributed by atoms with van der Waals surface area (Å²) in [6, 6.07) is 17.6. The molecule has 2 saturated heterocycles. The first kappa shape index (κ1) is 19.6. The average molecular weight is 401 g/mol. The first-order chi connectivity index (χ1) is 13.4. The van der Waals surface area contributed by atoms with Crippen molar-refractivity contribution in [3.8, 4) is 0 Å². The molecule has 6 heteroatoms. The summed E-state index contributed by atoms with van der Waals surface area (Å²) in [4.78, 5) is 5.02. The second-order valence-electron chi connectivity index (χ2n) is 8.31. The molecule has 0 saturated carbocycles. The van der Waals surface area contributed by atoms with Crippen LogP contribution in [0.15, 0.2) is 59.5 Å². The number of fused-ring (bicyclic) bond motifs is 1. The van der Waals surface area contributed by atoms with E-state index in [9.17, 15) is 8.42 Å². The summed E-state index contributed by atoms with van der Waals surface area (Å²) in [7, 11) is -1.63. The molecule has 0 N–H and O–H groups in total. The molecule has 0 amide bonds. The van der Waals surface area contributed by atoms with Crippen LogP contribution in [0.4, 0.5) is 0 Å². The Balaban J connectivity index is 1.49. The summed E-state index contributed by atoms with van der Waals surface area (Å²) in [5.41, 5.74) is 2.19. The Bertz CT molecular complexity index is 915. The zero-order chi connectivity index (χ0) is 19.8. The summed E-state index contributed by atoms with van der Waals surface area (Å²) in [5.74, 6) is 0. The zero-order valence-electron chi connectivity index (χ0n) is 16.5. The van der Waals surface area contributed by atoms with Gasteiger partial charge in [-0.05, 0) is 44.6 Å². The molecule has 2 heterocycles. The SMILES string of the molecule is Cc1ccc(S(=O)(=O)OCC23CCN(Cc4ccccc4)C2CN(C)C3)cc1. The summed E-state index contributed by atoms with van der Waals surface area (Å²) >= 11 is 0. The fourth-order valence-corrected chi connectivity index (χ4v) is 5.65. The fourth-order valence-electron chi connectivity index (χ4n) is 4.66. The molecule has 2 aliphatic rings. The van der Waals surface area contributed by atoms with Crippen LogP contribution < -0.4 is 0 Å². The molecule has 28 heavy (non-hydrogen) atoms. The maximum Gasteiger partial charge on any atom is 0.296 e. The molecule has 2 atom stereocenters. The van der Waals surface area contributed by atoms with Crippen molar-refractivity contribution in [2.24, 2.45) is 5.41 Å². The Morgan fingerprint density at radius 3 is 2.54 bits per heavy atom. The van der Waals surface area contributed by atoms with Crippen LogP contribution in [0.3, 0.4) is 0 Å². The lowest BCUT2D eigenvalue weighted by molar-refractivity contribution is 0.126. The predicted molar refractivity (Wildman–Crippen MR) is 110 cm³/mol. The lowest BCUT2D eigenvalue weighted by Gasteiger charge is -2.31. The third-order valence-corrected chi connectivity index (χ3v) is 7.43. The van der Waals surface area contributed by atoms with Crippen molar-refractivity contribution in [2.75, 3.05) is 33.3 Å². The largest absolute Gasteiger partial charge is 0.304 e. The van der Waals surface area contributed by atoms with Crippen molar-refractivity contribution in [2.45, 2.75) is 30.8 Å². The quantitative estimate of drug-likeness (QED) is 0.698. The van der Waals surface area contributed by atoms with Crippen LogP contribution in [0.2, 0.25) is 0 Å². The van der Waals surface area contributed by atoms with Gasteiger partial charge in [0.15, 0.2) is 0 Å². The average Bonchev–Trinajstić information content (AvgIpc) is 3.17. The van der Waals surface area contributed by atoms with Gasteiger partial charge >= 0.3 is 0 Å². The van der Waals surface area contributed by atoms with Crippen LogP contribution in [0.5, 0.6) is 0 Å². The Labute approximate surface area is 168 Å². The molecule has 2 unspecified atom stereocenters. The lowest BCUT2D eigenvalue weighted by Crippen LogP contribution is -2.41. The molecule has 2 aromatic rings. The first-order valence-electron chi connectivity index (χ1n) is 9.81. The van der Waals surface area contributed by atoms with E-state index in [2.05, 4.69) is 41.1 Å². The van der Waals surface area contributed by atoms with E-state index in [1.165, 1.54) is 5.56 Å². The Morgan fingerprint density at radius 2 is 1.82 bits per heavy atom. The van der Waals surface area contributed by atoms with Gasteiger partial charge in [0.05, 0.1) is 11.5 Å². The van der Waals surface area contributed by atoms with Crippen LogP contribution in [0, 0.1) is 12.3 Å². The number of aryl methyl sites for hydroxylation is 1. The highest BCUT2D eigenvalue weighted by Crippen LogP contribution is 2.43. The van der Waals surface area contributed by atoms with E-state index in [4.69, 9.17) is 4.18 Å². The molecule has 5 nitrogen and oxygen atoms in total. The number of rotatable bonds is 6. The van der Waals surface area contributed by atoms with Gasteiger partial charge < -0.3 is 4.90 Å². The van der Waals surface area contributed by atoms with Crippen molar-refractivity contribution in [3.05, 3.63) is 65.7 Å². The molecular weight excluding hydrogens is 372 g/mol. The predicted octanol–water partition coefficient (Wildman–Crippen LogP) is 2.91. The number of likely N-dealkylation sites (tertiary alicyclic amines) is 2. The fraction of sp³-hybridized carbons (Fsp3) is 0.455. The molecular formula is C22H28N2O3S. The number of hydrogen-bond acceptors (Lipinski definition) is 5. The summed E-state index contributed by atoms with van der Waals surface area (Å²) in [6.45, 7) is 5.86. The Morgan fingerprint density at radius 1 is 1.11 bits per heavy atom. The number of nitrogens with zero attached hydrogens (tertiary/aromatic N) is 2. The van der Waals surface area contributed by atoms with E-state index in [1.807, 2.05) is 13.0 Å². The molecule has 0 aliphatic carbocycles. The summed E-state index contributed by atoms with van der Waals surface area (Å²) in [6.07, 6.45) is 0.957. The monoisotopic (exact) mass is 400 g/mol. The molecule has 0 bridgehead atoms. The van der Waals surface area contributed by atoms with Gasteiger partial charge in [-0.15, -0.1) is 0 Å². The van der Waals surface area contributed by atoms with Crippen molar-refractivity contribution in [1.82, 2.24) is 9.80 Å². The highest BCUT2D eigenvalue weighted by molar-refractivity contribution is 7.86. The lowest BCUT2D eigenvalue weighted by atomic mass is 9.84. The second-order valence-corrected chi connectivity index (χ2v) is 9.93. The van der Waals surface area contributed by atoms with Gasteiger partial charge in [0.2, 0.25) is 0 Å². The minimum absolute atomic E-state index is 0.138. The van der Waals surface area contributed by atoms with E-state index >= 15 is 0 Å². The van der Waals surface area contributed by atoms with Crippen molar-refractivity contribution in [1.29, 1.82) is 0 Å². The van der Waals surface area contributed by atoms with E-state index in [-0.39, 0.29) is 16.9 Å². The molecule has 0 aromatic heterocycles. The van der Waals surface area contributed by atoms with Gasteiger partial charge in [-0.3, -0.25) is 9.08 Å². The zero-order valence-corrected chi connectivity index (χ0v) is 17.4. The number of hydrogen-bond donors (Lipinski definition) is 0. The van der Waals surface area contributed by atoms with Crippen LogP contribution in [-0.4, -0.2) is 57.5 Å². The minimum Gasteiger partial charge on any atom is -0.304 e. The third kappa shape index (κ3) is 3.87.